The van der Waals surface area contributed by atoms with Crippen molar-refractivity contribution in [3.63, 3.8) is 0 Å². The van der Waals surface area contributed by atoms with Crippen LogP contribution in [0, 0.1) is 5.92 Å². The molecule has 3 unspecified atom stereocenters. The summed E-state index contributed by atoms with van der Waals surface area (Å²) < 4.78 is 38.2. The van der Waals surface area contributed by atoms with E-state index in [1.54, 1.807) is 27.7 Å². The highest BCUT2D eigenvalue weighted by molar-refractivity contribution is 7.89. The summed E-state index contributed by atoms with van der Waals surface area (Å²) in [6.07, 6.45) is -2.70. The molecule has 0 bridgehead atoms. The zero-order valence-electron chi connectivity index (χ0n) is 44.8. The van der Waals surface area contributed by atoms with Gasteiger partial charge in [-0.3, -0.25) is 24.2 Å². The smallest absolute Gasteiger partial charge is 0.410 e. The highest BCUT2D eigenvalue weighted by Crippen LogP contribution is 2.46. The number of nitrogens with zero attached hydrogens (tertiary/aromatic N) is 2. The lowest BCUT2D eigenvalue weighted by Gasteiger charge is -2.33. The summed E-state index contributed by atoms with van der Waals surface area (Å²) in [7, 11) is 8.12. The molecule has 0 saturated carbocycles. The predicted octanol–water partition coefficient (Wildman–Crippen LogP) is 8.27. The normalized spacial score (nSPS) is 18.9. The zero-order chi connectivity index (χ0) is 57.4. The number of fused-ring (bicyclic) bond motifs is 6. The monoisotopic (exact) mass is 1150 g/mol. The Morgan fingerprint density at radius 2 is 1.01 bits per heavy atom. The van der Waals surface area contributed by atoms with E-state index in [-0.39, 0.29) is 63.7 Å². The van der Waals surface area contributed by atoms with Gasteiger partial charge in [0.2, 0.25) is 5.91 Å². The molecule has 2 N–H and O–H groups in total. The first-order valence-electron chi connectivity index (χ1n) is 25.1. The minimum atomic E-state index is -1.33. The number of likely N-dealkylation sites (tertiary alicyclic amines) is 2. The number of benzene rings is 4. The second-order valence-corrected chi connectivity index (χ2v) is 19.8. The van der Waals surface area contributed by atoms with Gasteiger partial charge in [-0.15, -0.1) is 0 Å². The number of hydrogen-bond acceptors (Lipinski definition) is 16. The molecule has 0 spiro atoms. The van der Waals surface area contributed by atoms with E-state index in [0.717, 1.165) is 44.5 Å². The van der Waals surface area contributed by atoms with Crippen LogP contribution >= 0.6 is 16.0 Å². The highest BCUT2D eigenvalue weighted by Gasteiger charge is 2.45. The van der Waals surface area contributed by atoms with Gasteiger partial charge in [0.05, 0.1) is 25.3 Å². The number of esters is 3. The van der Waals surface area contributed by atoms with Crippen molar-refractivity contribution in [2.75, 3.05) is 47.1 Å². The number of hydrogen-bond donors (Lipinski definition) is 2. The van der Waals surface area contributed by atoms with Crippen LogP contribution in [0.2, 0.25) is 0 Å². The van der Waals surface area contributed by atoms with E-state index < -0.39 is 83.8 Å². The molecule has 4 aromatic carbocycles. The number of amides is 3. The molecule has 8 rings (SSSR count). The fraction of sp³-hybridized carbons (Fsp3) is 0.446. The maximum atomic E-state index is 13.9. The van der Waals surface area contributed by atoms with Gasteiger partial charge in [0.1, 0.15) is 49.7 Å². The lowest BCUT2D eigenvalue weighted by atomic mass is 9.94. The first-order chi connectivity index (χ1) is 37.3. The fourth-order valence-corrected chi connectivity index (χ4v) is 10.1. The van der Waals surface area contributed by atoms with Crippen molar-refractivity contribution in [3.8, 4) is 22.3 Å². The van der Waals surface area contributed by atoms with Gasteiger partial charge in [-0.05, 0) is 81.3 Å². The summed E-state index contributed by atoms with van der Waals surface area (Å²) in [6.45, 7) is 9.21. The van der Waals surface area contributed by atoms with Crippen LogP contribution in [0.1, 0.15) is 88.5 Å². The van der Waals surface area contributed by atoms with Crippen LogP contribution in [0.5, 0.6) is 0 Å². The molecule has 4 aromatic rings. The second kappa shape index (κ2) is 29.1. The van der Waals surface area contributed by atoms with E-state index in [4.69, 9.17) is 33.2 Å². The first-order valence-corrected chi connectivity index (χ1v) is 28.3. The molecule has 0 aromatic heterocycles. The number of methoxy groups -OCH3 is 2. The van der Waals surface area contributed by atoms with Crippen LogP contribution < -0.4 is 5.32 Å². The predicted molar refractivity (Wildman–Crippen MR) is 300 cm³/mol. The maximum Gasteiger partial charge on any atom is 0.410 e. The molecular formula is C56H67N3O15P2S2. The number of carbonyl (C=O) groups excluding carboxylic acids is 6. The summed E-state index contributed by atoms with van der Waals surface area (Å²) in [6, 6.07) is 28.9. The Kier molecular flexibility index (Phi) is 23.3. The Morgan fingerprint density at radius 3 is 1.37 bits per heavy atom. The van der Waals surface area contributed by atoms with Crippen LogP contribution in [-0.4, -0.2) is 146 Å². The Bertz CT molecular complexity index is 2690. The van der Waals surface area contributed by atoms with Crippen LogP contribution in [0.15, 0.2) is 97.1 Å². The second-order valence-electron chi connectivity index (χ2n) is 19.8. The van der Waals surface area contributed by atoms with Gasteiger partial charge in [0.15, 0.2) is 0 Å². The molecule has 2 aliphatic heterocycles. The van der Waals surface area contributed by atoms with Crippen LogP contribution in [0.3, 0.4) is 0 Å². The maximum absolute atomic E-state index is 13.9. The topological polar surface area (TPSA) is 223 Å². The summed E-state index contributed by atoms with van der Waals surface area (Å²) in [5, 5.41) is 12.1. The average Bonchev–Trinajstić information content (AvgIpc) is 4.28. The third-order valence-electron chi connectivity index (χ3n) is 13.8. The van der Waals surface area contributed by atoms with Crippen molar-refractivity contribution >= 4 is 81.6 Å². The highest BCUT2D eigenvalue weighted by atomic mass is 32.4. The molecule has 3 amide bonds. The van der Waals surface area contributed by atoms with Crippen molar-refractivity contribution in [1.82, 2.24) is 15.1 Å². The molecule has 0 radical (unpaired) electrons. The molecular weight excluding hydrogens is 1080 g/mol. The van der Waals surface area contributed by atoms with Gasteiger partial charge in [0.25, 0.3) is 0 Å². The average molecular weight is 1150 g/mol. The van der Waals surface area contributed by atoms with Crippen LogP contribution in [-0.2, 0) is 80.7 Å². The van der Waals surface area contributed by atoms with E-state index in [2.05, 4.69) is 57.1 Å². The van der Waals surface area contributed by atoms with Gasteiger partial charge in [-0.2, -0.15) is 0 Å². The van der Waals surface area contributed by atoms with Crippen LogP contribution in [0.4, 0.5) is 9.59 Å². The number of carboxylic acid groups (broad SMARTS) is 1. The molecule has 2 heterocycles. The van der Waals surface area contributed by atoms with Crippen molar-refractivity contribution in [3.05, 3.63) is 119 Å². The summed E-state index contributed by atoms with van der Waals surface area (Å²) >= 11 is 7.78. The lowest BCUT2D eigenvalue weighted by Crippen LogP contribution is -2.56. The Labute approximate surface area is 469 Å². The molecule has 78 heavy (non-hydrogen) atoms. The van der Waals surface area contributed by atoms with Gasteiger partial charge in [-0.25, -0.2) is 19.2 Å². The minimum Gasteiger partial charge on any atom is -0.480 e. The van der Waals surface area contributed by atoms with E-state index in [1.165, 1.54) is 37.9 Å². The number of aliphatic carboxylic acids is 1. The largest absolute Gasteiger partial charge is 0.480 e. The zero-order valence-corrected chi connectivity index (χ0v) is 48.4. The molecule has 18 nitrogen and oxygen atoms in total. The molecule has 7 atom stereocenters. The molecule has 22 heteroatoms. The van der Waals surface area contributed by atoms with E-state index >= 15 is 0 Å². The summed E-state index contributed by atoms with van der Waals surface area (Å²) in [5.41, 5.74) is 7.92. The number of rotatable bonds is 15. The van der Waals surface area contributed by atoms with Gasteiger partial charge in [0, 0.05) is 58.7 Å². The Morgan fingerprint density at radius 1 is 0.628 bits per heavy atom. The number of carboxylic acids is 1. The van der Waals surface area contributed by atoms with Crippen molar-refractivity contribution in [2.24, 2.45) is 5.92 Å². The molecule has 418 valence electrons. The molecule has 4 aliphatic rings. The molecule has 2 aliphatic carbocycles. The van der Waals surface area contributed by atoms with Crippen molar-refractivity contribution < 1.29 is 71.8 Å². The third-order valence-corrected chi connectivity index (χ3v) is 13.8. The van der Waals surface area contributed by atoms with E-state index in [0.29, 0.717) is 0 Å². The Hall–Kier alpha value is -6.27. The number of ether oxygens (including phenoxy) is 7. The minimum absolute atomic E-state index is 0.0505. The lowest BCUT2D eigenvalue weighted by molar-refractivity contribution is -0.168. The summed E-state index contributed by atoms with van der Waals surface area (Å²) in [5.74, 6) is -4.85. The SMILES string of the molecule is COC1C[C@@H](C(=O)N[C@H](C(=O)OC(C)(C)C)C(C)[C@H](COC(C)=O)OC(C)=O)N(C(=O)OCC2c3ccccc3-c3ccccc32)C1.COC1C[C@@H](C(=O)O)N(C(=O)OCC2c3ccccc3-c3ccccc32)C1.P=S.P=S. The Balaban J connectivity index is 0.000000304. The van der Waals surface area contributed by atoms with Gasteiger partial charge in [-0.1, -0.05) is 128 Å². The summed E-state index contributed by atoms with van der Waals surface area (Å²) in [4.78, 5) is 91.0. The standard InChI is InChI=1S/C35H44N2O10.C21H21NO5.2HPS/c1-20(30(46-22(3)39)19-44-21(2)38)31(33(41)47-35(4,5)6)36-32(40)29-16-23(43-7)17-37(29)34(42)45-18-28-26-14-10-8-12-24(26)25-13-9-11-15-27(25)28;1-26-13-10-19(20(23)24)22(11-13)21(25)27-12-18-16-8-4-2-6-14(16)15-7-3-5-9-17(15)18;2*1-2/h8-15,20,23,28-31H,16-19H2,1-7H3,(H,36,40);2-9,13,18-19H,10-12H2,1H3,(H,23,24);2*1H/t20?,23?,29-,30-,31-;13?,19-;;/m00../s1. The number of nitrogens with one attached hydrogen (secondary N) is 1. The molecule has 2 fully saturated rings. The van der Waals surface area contributed by atoms with Gasteiger partial charge < -0.3 is 43.6 Å². The van der Waals surface area contributed by atoms with Crippen molar-refractivity contribution in [1.29, 1.82) is 0 Å². The third kappa shape index (κ3) is 15.5. The fourth-order valence-electron chi connectivity index (χ4n) is 10.1. The van der Waals surface area contributed by atoms with Crippen LogP contribution in [0.25, 0.3) is 22.3 Å². The van der Waals surface area contributed by atoms with E-state index in [9.17, 15) is 38.7 Å². The van der Waals surface area contributed by atoms with Gasteiger partial charge >= 0.3 is 36.1 Å². The number of carbonyl (C=O) groups is 7. The first kappa shape index (κ1) is 62.6. The van der Waals surface area contributed by atoms with E-state index in [1.807, 2.05) is 84.9 Å². The molecule has 2 saturated heterocycles. The quantitative estimate of drug-likeness (QED) is 0.0649. The van der Waals surface area contributed by atoms with Crippen molar-refractivity contribution in [2.45, 2.75) is 108 Å².